The Morgan fingerprint density at radius 3 is 2.88 bits per heavy atom. The Balaban J connectivity index is 1.77. The second-order valence-corrected chi connectivity index (χ2v) is 5.78. The van der Waals surface area contributed by atoms with E-state index >= 15 is 0 Å². The molecule has 3 rings (SSSR count). The molecule has 0 amide bonds. The Morgan fingerprint density at radius 2 is 2.06 bits per heavy atom. The maximum absolute atomic E-state index is 5.43. The molecular formula is C14H18BrNO. The van der Waals surface area contributed by atoms with Crippen LogP contribution >= 0.6 is 15.9 Å². The molecule has 17 heavy (non-hydrogen) atoms. The first-order chi connectivity index (χ1) is 8.34. The summed E-state index contributed by atoms with van der Waals surface area (Å²) >= 11 is 3.69. The number of hydrogen-bond acceptors (Lipinski definition) is 2. The van der Waals surface area contributed by atoms with Gasteiger partial charge in [-0.05, 0) is 36.5 Å². The molecule has 0 spiro atoms. The molecule has 0 bridgehead atoms. The lowest BCUT2D eigenvalue weighted by molar-refractivity contribution is 0.0137. The van der Waals surface area contributed by atoms with Gasteiger partial charge < -0.3 is 4.74 Å². The Labute approximate surface area is 111 Å². The van der Waals surface area contributed by atoms with Gasteiger partial charge in [0.15, 0.2) is 0 Å². The number of fused-ring (bicyclic) bond motifs is 1. The van der Waals surface area contributed by atoms with Crippen LogP contribution in [0.5, 0.6) is 0 Å². The molecule has 1 unspecified atom stereocenters. The van der Waals surface area contributed by atoms with Crippen LogP contribution < -0.4 is 0 Å². The van der Waals surface area contributed by atoms with E-state index in [-0.39, 0.29) is 0 Å². The summed E-state index contributed by atoms with van der Waals surface area (Å²) in [7, 11) is 0. The van der Waals surface area contributed by atoms with Gasteiger partial charge in [0.2, 0.25) is 0 Å². The molecule has 0 aromatic heterocycles. The maximum atomic E-state index is 5.43. The van der Waals surface area contributed by atoms with Crippen LogP contribution in [-0.4, -0.2) is 37.2 Å². The van der Waals surface area contributed by atoms with Gasteiger partial charge in [-0.2, -0.15) is 0 Å². The lowest BCUT2D eigenvalue weighted by atomic mass is 9.87. The molecule has 1 aliphatic heterocycles. The second-order valence-electron chi connectivity index (χ2n) is 4.92. The van der Waals surface area contributed by atoms with Crippen molar-refractivity contribution < 1.29 is 4.74 Å². The Bertz CT molecular complexity index is 401. The monoisotopic (exact) mass is 295 g/mol. The van der Waals surface area contributed by atoms with Crippen LogP contribution in [-0.2, 0) is 17.6 Å². The Morgan fingerprint density at radius 1 is 1.24 bits per heavy atom. The lowest BCUT2D eigenvalue weighted by Crippen LogP contribution is -2.45. The minimum absolute atomic E-state index is 0.713. The molecule has 0 saturated carbocycles. The third-order valence-corrected chi connectivity index (χ3v) is 4.71. The lowest BCUT2D eigenvalue weighted by Gasteiger charge is -2.37. The van der Waals surface area contributed by atoms with Crippen molar-refractivity contribution in [1.82, 2.24) is 4.90 Å². The minimum atomic E-state index is 0.713. The summed E-state index contributed by atoms with van der Waals surface area (Å²) < 4.78 is 6.72. The molecule has 2 nitrogen and oxygen atoms in total. The first kappa shape index (κ1) is 11.7. The van der Waals surface area contributed by atoms with Gasteiger partial charge in [0.05, 0.1) is 13.2 Å². The highest BCUT2D eigenvalue weighted by Gasteiger charge is 2.26. The number of ether oxygens (including phenoxy) is 1. The van der Waals surface area contributed by atoms with E-state index in [4.69, 9.17) is 4.74 Å². The van der Waals surface area contributed by atoms with Crippen molar-refractivity contribution in [2.24, 2.45) is 0 Å². The highest BCUT2D eigenvalue weighted by Crippen LogP contribution is 2.30. The molecule has 3 heteroatoms. The van der Waals surface area contributed by atoms with Crippen molar-refractivity contribution in [2.75, 3.05) is 26.3 Å². The van der Waals surface area contributed by atoms with E-state index in [2.05, 4.69) is 39.0 Å². The van der Waals surface area contributed by atoms with Crippen molar-refractivity contribution in [1.29, 1.82) is 0 Å². The van der Waals surface area contributed by atoms with Crippen LogP contribution in [0.3, 0.4) is 0 Å². The summed E-state index contributed by atoms with van der Waals surface area (Å²) in [6.45, 7) is 4.01. The molecule has 1 atom stereocenters. The highest BCUT2D eigenvalue weighted by atomic mass is 79.9. The van der Waals surface area contributed by atoms with Crippen LogP contribution in [0, 0.1) is 0 Å². The van der Waals surface area contributed by atoms with E-state index in [0.29, 0.717) is 6.04 Å². The van der Waals surface area contributed by atoms with Crippen LogP contribution in [0.1, 0.15) is 17.5 Å². The molecule has 0 N–H and O–H groups in total. The predicted octanol–water partition coefficient (Wildman–Crippen LogP) is 2.64. The van der Waals surface area contributed by atoms with E-state index < -0.39 is 0 Å². The van der Waals surface area contributed by atoms with Gasteiger partial charge in [-0.1, -0.05) is 28.1 Å². The molecule has 0 radical (unpaired) electrons. The maximum Gasteiger partial charge on any atom is 0.0594 e. The molecule has 92 valence electrons. The number of rotatable bonds is 1. The van der Waals surface area contributed by atoms with Crippen molar-refractivity contribution in [2.45, 2.75) is 25.3 Å². The van der Waals surface area contributed by atoms with Crippen LogP contribution in [0.25, 0.3) is 0 Å². The average molecular weight is 296 g/mol. The van der Waals surface area contributed by atoms with E-state index in [9.17, 15) is 0 Å². The predicted molar refractivity (Wildman–Crippen MR) is 72.3 cm³/mol. The number of hydrogen-bond donors (Lipinski definition) is 0. The molecule has 1 fully saturated rings. The van der Waals surface area contributed by atoms with Gasteiger partial charge in [-0.25, -0.2) is 0 Å². The summed E-state index contributed by atoms with van der Waals surface area (Å²) in [5.41, 5.74) is 3.05. The number of aryl methyl sites for hydroxylation is 1. The summed E-state index contributed by atoms with van der Waals surface area (Å²) in [4.78, 5) is 2.60. The van der Waals surface area contributed by atoms with Gasteiger partial charge in [0, 0.05) is 23.6 Å². The largest absolute Gasteiger partial charge is 0.379 e. The van der Waals surface area contributed by atoms with E-state index in [1.54, 1.807) is 0 Å². The number of benzene rings is 1. The van der Waals surface area contributed by atoms with E-state index in [0.717, 1.165) is 26.3 Å². The number of halogens is 1. The molecule has 1 heterocycles. The van der Waals surface area contributed by atoms with Gasteiger partial charge in [-0.15, -0.1) is 0 Å². The van der Waals surface area contributed by atoms with E-state index in [1.165, 1.54) is 34.9 Å². The zero-order valence-electron chi connectivity index (χ0n) is 9.99. The first-order valence-corrected chi connectivity index (χ1v) is 7.22. The molecule has 1 aromatic rings. The Kier molecular flexibility index (Phi) is 3.50. The van der Waals surface area contributed by atoms with Crippen molar-refractivity contribution in [3.05, 3.63) is 33.8 Å². The minimum Gasteiger partial charge on any atom is -0.379 e. The van der Waals surface area contributed by atoms with Gasteiger partial charge in [0.25, 0.3) is 0 Å². The van der Waals surface area contributed by atoms with Gasteiger partial charge >= 0.3 is 0 Å². The quantitative estimate of drug-likeness (QED) is 0.790. The standard InChI is InChI=1S/C14H18BrNO/c15-14-3-1-2-11-4-5-12(10-13(11)14)16-6-8-17-9-7-16/h1-3,12H,4-10H2. The smallest absolute Gasteiger partial charge is 0.0594 e. The van der Waals surface area contributed by atoms with E-state index in [1.807, 2.05) is 0 Å². The fraction of sp³-hybridized carbons (Fsp3) is 0.571. The number of morpholine rings is 1. The summed E-state index contributed by atoms with van der Waals surface area (Å²) in [6, 6.07) is 7.30. The molecule has 1 aliphatic carbocycles. The molecule has 2 aliphatic rings. The van der Waals surface area contributed by atoms with Crippen molar-refractivity contribution in [3.8, 4) is 0 Å². The normalized spacial score (nSPS) is 25.6. The fourth-order valence-corrected chi connectivity index (χ4v) is 3.55. The third-order valence-electron chi connectivity index (χ3n) is 3.96. The molecular weight excluding hydrogens is 278 g/mol. The number of nitrogens with zero attached hydrogens (tertiary/aromatic N) is 1. The summed E-state index contributed by atoms with van der Waals surface area (Å²) in [6.07, 6.45) is 3.71. The van der Waals surface area contributed by atoms with Crippen LogP contribution in [0.2, 0.25) is 0 Å². The summed E-state index contributed by atoms with van der Waals surface area (Å²) in [5.74, 6) is 0. The molecule has 1 aromatic carbocycles. The van der Waals surface area contributed by atoms with Gasteiger partial charge in [0.1, 0.15) is 0 Å². The average Bonchev–Trinajstić information content (AvgIpc) is 2.40. The van der Waals surface area contributed by atoms with Gasteiger partial charge in [-0.3, -0.25) is 4.90 Å². The summed E-state index contributed by atoms with van der Waals surface area (Å²) in [5, 5.41) is 0. The first-order valence-electron chi connectivity index (χ1n) is 6.42. The SMILES string of the molecule is Brc1cccc2c1CC(N1CCOCC1)CC2. The van der Waals surface area contributed by atoms with Crippen LogP contribution in [0.4, 0.5) is 0 Å². The Hall–Kier alpha value is -0.380. The zero-order chi connectivity index (χ0) is 11.7. The second kappa shape index (κ2) is 5.09. The topological polar surface area (TPSA) is 12.5 Å². The third kappa shape index (κ3) is 2.42. The molecule has 1 saturated heterocycles. The fourth-order valence-electron chi connectivity index (χ4n) is 2.98. The van der Waals surface area contributed by atoms with Crippen molar-refractivity contribution >= 4 is 15.9 Å². The van der Waals surface area contributed by atoms with Crippen molar-refractivity contribution in [3.63, 3.8) is 0 Å². The highest BCUT2D eigenvalue weighted by molar-refractivity contribution is 9.10. The zero-order valence-corrected chi connectivity index (χ0v) is 11.6. The van der Waals surface area contributed by atoms with Crippen LogP contribution in [0.15, 0.2) is 22.7 Å².